The zero-order chi connectivity index (χ0) is 6.69. The van der Waals surface area contributed by atoms with E-state index in [1.807, 2.05) is 0 Å². The summed E-state index contributed by atoms with van der Waals surface area (Å²) in [5, 5.41) is 0.999. The standard InChI is InChI=1S/C7H15NS/c1-6(4-8)5-9-7-2-3-7/h6-7H,2-5,8H2,1H3. The molecule has 0 radical (unpaired) electrons. The molecule has 0 aromatic heterocycles. The smallest absolute Gasteiger partial charge is 0.00479 e. The van der Waals surface area contributed by atoms with Gasteiger partial charge in [-0.2, -0.15) is 11.8 Å². The van der Waals surface area contributed by atoms with Crippen molar-refractivity contribution in [1.82, 2.24) is 0 Å². The maximum atomic E-state index is 5.47. The Kier molecular flexibility index (Phi) is 2.86. The summed E-state index contributed by atoms with van der Waals surface area (Å²) in [5.41, 5.74) is 5.47. The minimum atomic E-state index is 0.718. The Morgan fingerprint density at radius 3 is 2.78 bits per heavy atom. The predicted octanol–water partition coefficient (Wildman–Crippen LogP) is 1.48. The first-order valence-electron chi connectivity index (χ1n) is 3.64. The second kappa shape index (κ2) is 3.47. The Morgan fingerprint density at radius 1 is 1.67 bits per heavy atom. The lowest BCUT2D eigenvalue weighted by Crippen LogP contribution is -2.12. The van der Waals surface area contributed by atoms with Crippen LogP contribution in [0.2, 0.25) is 0 Å². The quantitative estimate of drug-likeness (QED) is 0.648. The average Bonchev–Trinajstić information content (AvgIpc) is 2.65. The Balaban J connectivity index is 1.90. The van der Waals surface area contributed by atoms with Crippen LogP contribution in [0, 0.1) is 5.92 Å². The van der Waals surface area contributed by atoms with Gasteiger partial charge in [0.2, 0.25) is 0 Å². The maximum absolute atomic E-state index is 5.47. The molecule has 0 aromatic rings. The molecule has 1 fully saturated rings. The first-order valence-corrected chi connectivity index (χ1v) is 4.69. The largest absolute Gasteiger partial charge is 0.330 e. The molecule has 2 heteroatoms. The van der Waals surface area contributed by atoms with Crippen LogP contribution in [0.1, 0.15) is 19.8 Å². The van der Waals surface area contributed by atoms with Crippen LogP contribution in [0.4, 0.5) is 0 Å². The molecule has 0 aliphatic heterocycles. The van der Waals surface area contributed by atoms with E-state index in [4.69, 9.17) is 5.73 Å². The van der Waals surface area contributed by atoms with Crippen molar-refractivity contribution in [1.29, 1.82) is 0 Å². The fourth-order valence-corrected chi connectivity index (χ4v) is 1.81. The molecule has 54 valence electrons. The highest BCUT2D eigenvalue weighted by molar-refractivity contribution is 8.00. The van der Waals surface area contributed by atoms with E-state index in [0.29, 0.717) is 0 Å². The van der Waals surface area contributed by atoms with Gasteiger partial charge in [0, 0.05) is 5.25 Å². The van der Waals surface area contributed by atoms with E-state index in [2.05, 4.69) is 18.7 Å². The Hall–Kier alpha value is 0.310. The van der Waals surface area contributed by atoms with Crippen LogP contribution in [0.25, 0.3) is 0 Å². The van der Waals surface area contributed by atoms with Crippen LogP contribution in [0.3, 0.4) is 0 Å². The third kappa shape index (κ3) is 3.11. The fourth-order valence-electron chi connectivity index (χ4n) is 0.603. The Bertz CT molecular complexity index is 81.0. The van der Waals surface area contributed by atoms with Gasteiger partial charge in [0.05, 0.1) is 0 Å². The lowest BCUT2D eigenvalue weighted by atomic mass is 10.2. The Labute approximate surface area is 61.4 Å². The topological polar surface area (TPSA) is 26.0 Å². The predicted molar refractivity (Wildman–Crippen MR) is 43.7 cm³/mol. The molecule has 0 saturated heterocycles. The molecule has 0 amide bonds. The van der Waals surface area contributed by atoms with Gasteiger partial charge in [-0.25, -0.2) is 0 Å². The highest BCUT2D eigenvalue weighted by atomic mass is 32.2. The molecule has 9 heavy (non-hydrogen) atoms. The molecule has 0 spiro atoms. The van der Waals surface area contributed by atoms with Crippen LogP contribution in [-0.4, -0.2) is 17.5 Å². The molecule has 1 aliphatic carbocycles. The molecule has 2 N–H and O–H groups in total. The zero-order valence-corrected chi connectivity index (χ0v) is 6.79. The van der Waals surface area contributed by atoms with Crippen molar-refractivity contribution in [3.63, 3.8) is 0 Å². The van der Waals surface area contributed by atoms with Crippen molar-refractivity contribution in [2.45, 2.75) is 25.0 Å². The van der Waals surface area contributed by atoms with Crippen LogP contribution >= 0.6 is 11.8 Å². The Morgan fingerprint density at radius 2 is 2.33 bits per heavy atom. The highest BCUT2D eigenvalue weighted by Gasteiger charge is 2.21. The van der Waals surface area contributed by atoms with Crippen molar-refractivity contribution in [3.8, 4) is 0 Å². The van der Waals surface area contributed by atoms with Gasteiger partial charge in [-0.1, -0.05) is 6.92 Å². The minimum absolute atomic E-state index is 0.718. The van der Waals surface area contributed by atoms with Crippen molar-refractivity contribution < 1.29 is 0 Å². The summed E-state index contributed by atoms with van der Waals surface area (Å²) in [5.74, 6) is 1.98. The summed E-state index contributed by atoms with van der Waals surface area (Å²) in [7, 11) is 0. The average molecular weight is 145 g/mol. The third-order valence-corrected chi connectivity index (χ3v) is 3.25. The molecule has 1 unspecified atom stereocenters. The van der Waals surface area contributed by atoms with Gasteiger partial charge in [-0.15, -0.1) is 0 Å². The van der Waals surface area contributed by atoms with Gasteiger partial charge >= 0.3 is 0 Å². The molecule has 0 heterocycles. The normalized spacial score (nSPS) is 22.0. The number of hydrogen-bond acceptors (Lipinski definition) is 2. The fraction of sp³-hybridized carbons (Fsp3) is 1.00. The molecular formula is C7H15NS. The zero-order valence-electron chi connectivity index (χ0n) is 5.97. The van der Waals surface area contributed by atoms with E-state index in [0.717, 1.165) is 17.7 Å². The van der Waals surface area contributed by atoms with Gasteiger partial charge in [0.15, 0.2) is 0 Å². The summed E-state index contributed by atoms with van der Waals surface area (Å²) >= 11 is 2.10. The highest BCUT2D eigenvalue weighted by Crippen LogP contribution is 2.34. The third-order valence-electron chi connectivity index (χ3n) is 1.54. The summed E-state index contributed by atoms with van der Waals surface area (Å²) < 4.78 is 0. The van der Waals surface area contributed by atoms with Gasteiger partial charge in [0.1, 0.15) is 0 Å². The van der Waals surface area contributed by atoms with Crippen LogP contribution in [0.15, 0.2) is 0 Å². The molecular weight excluding hydrogens is 130 g/mol. The maximum Gasteiger partial charge on any atom is 0.00479 e. The van der Waals surface area contributed by atoms with Crippen LogP contribution in [-0.2, 0) is 0 Å². The number of rotatable bonds is 4. The molecule has 0 aromatic carbocycles. The van der Waals surface area contributed by atoms with E-state index in [1.54, 1.807) is 0 Å². The van der Waals surface area contributed by atoms with E-state index >= 15 is 0 Å². The molecule has 1 saturated carbocycles. The SMILES string of the molecule is CC(CN)CSC1CC1. The number of hydrogen-bond donors (Lipinski definition) is 1. The van der Waals surface area contributed by atoms with Crippen molar-refractivity contribution >= 4 is 11.8 Å². The van der Waals surface area contributed by atoms with Gasteiger partial charge in [-0.05, 0) is 31.1 Å². The van der Waals surface area contributed by atoms with Gasteiger partial charge in [-0.3, -0.25) is 0 Å². The summed E-state index contributed by atoms with van der Waals surface area (Å²) in [4.78, 5) is 0. The number of thioether (sulfide) groups is 1. The second-order valence-corrected chi connectivity index (χ2v) is 4.21. The lowest BCUT2D eigenvalue weighted by Gasteiger charge is -2.05. The molecule has 0 bridgehead atoms. The first kappa shape index (κ1) is 7.42. The lowest BCUT2D eigenvalue weighted by molar-refractivity contribution is 0.675. The monoisotopic (exact) mass is 145 g/mol. The van der Waals surface area contributed by atoms with Crippen LogP contribution < -0.4 is 5.73 Å². The molecule has 1 atom stereocenters. The summed E-state index contributed by atoms with van der Waals surface area (Å²) in [6, 6.07) is 0. The number of nitrogens with two attached hydrogens (primary N) is 1. The van der Waals surface area contributed by atoms with Crippen LogP contribution in [0.5, 0.6) is 0 Å². The van der Waals surface area contributed by atoms with E-state index in [-0.39, 0.29) is 0 Å². The summed E-state index contributed by atoms with van der Waals surface area (Å²) in [6.45, 7) is 3.06. The van der Waals surface area contributed by atoms with E-state index < -0.39 is 0 Å². The molecule has 1 rings (SSSR count). The van der Waals surface area contributed by atoms with Crippen molar-refractivity contribution in [3.05, 3.63) is 0 Å². The molecule has 1 nitrogen and oxygen atoms in total. The van der Waals surface area contributed by atoms with Crippen molar-refractivity contribution in [2.75, 3.05) is 12.3 Å². The van der Waals surface area contributed by atoms with Gasteiger partial charge < -0.3 is 5.73 Å². The van der Waals surface area contributed by atoms with Gasteiger partial charge in [0.25, 0.3) is 0 Å². The van der Waals surface area contributed by atoms with E-state index in [1.165, 1.54) is 18.6 Å². The van der Waals surface area contributed by atoms with Crippen molar-refractivity contribution in [2.24, 2.45) is 11.7 Å². The van der Waals surface area contributed by atoms with E-state index in [9.17, 15) is 0 Å². The minimum Gasteiger partial charge on any atom is -0.330 e. The molecule has 1 aliphatic rings. The first-order chi connectivity index (χ1) is 4.33. The second-order valence-electron chi connectivity index (χ2n) is 2.87. The summed E-state index contributed by atoms with van der Waals surface area (Å²) in [6.07, 6.45) is 2.89.